The molecule has 3 nitrogen and oxygen atoms in total. The van der Waals surface area contributed by atoms with Crippen molar-refractivity contribution >= 4 is 15.9 Å². The molecule has 0 saturated carbocycles. The molecule has 0 spiro atoms. The van der Waals surface area contributed by atoms with Gasteiger partial charge < -0.3 is 4.74 Å². The Kier molecular flexibility index (Phi) is 3.74. The molecule has 0 saturated heterocycles. The molecule has 0 atom stereocenters. The van der Waals surface area contributed by atoms with Crippen LogP contribution in [0.1, 0.15) is 11.3 Å². The number of hydrogen-bond donors (Lipinski definition) is 0. The van der Waals surface area contributed by atoms with Crippen LogP contribution in [0.3, 0.4) is 0 Å². The molecule has 0 amide bonds. The predicted octanol–water partition coefficient (Wildman–Crippen LogP) is 3.36. The Morgan fingerprint density at radius 3 is 2.47 bits per heavy atom. The average Bonchev–Trinajstić information content (AvgIpc) is 2.38. The fraction of sp³-hybridized carbons (Fsp3) is 0.231. The Labute approximate surface area is 109 Å². The highest BCUT2D eigenvalue weighted by atomic mass is 79.9. The molecule has 0 fully saturated rings. The van der Waals surface area contributed by atoms with Gasteiger partial charge in [0.25, 0.3) is 0 Å². The lowest BCUT2D eigenvalue weighted by atomic mass is 10.1. The van der Waals surface area contributed by atoms with Crippen molar-refractivity contribution in [3.63, 3.8) is 0 Å². The van der Waals surface area contributed by atoms with E-state index in [1.54, 1.807) is 7.11 Å². The first-order chi connectivity index (χ1) is 8.22. The lowest BCUT2D eigenvalue weighted by Gasteiger charge is -2.05. The Morgan fingerprint density at radius 2 is 1.88 bits per heavy atom. The van der Waals surface area contributed by atoms with Crippen molar-refractivity contribution < 1.29 is 4.74 Å². The molecule has 0 aliphatic carbocycles. The largest absolute Gasteiger partial charge is 0.481 e. The summed E-state index contributed by atoms with van der Waals surface area (Å²) in [5.74, 6) is 1.29. The van der Waals surface area contributed by atoms with Crippen LogP contribution in [0.15, 0.2) is 30.3 Å². The quantitative estimate of drug-likeness (QED) is 0.814. The summed E-state index contributed by atoms with van der Waals surface area (Å²) in [4.78, 5) is 8.74. The van der Waals surface area contributed by atoms with E-state index < -0.39 is 0 Å². The van der Waals surface area contributed by atoms with Crippen molar-refractivity contribution in [3.05, 3.63) is 41.6 Å². The van der Waals surface area contributed by atoms with Gasteiger partial charge in [-0.1, -0.05) is 40.2 Å². The first kappa shape index (κ1) is 12.0. The second kappa shape index (κ2) is 5.27. The first-order valence-corrected chi connectivity index (χ1v) is 6.40. The van der Waals surface area contributed by atoms with Crippen LogP contribution >= 0.6 is 15.9 Å². The number of methoxy groups -OCH3 is 1. The Bertz CT molecular complexity index is 511. The topological polar surface area (TPSA) is 35.0 Å². The summed E-state index contributed by atoms with van der Waals surface area (Å²) < 4.78 is 5.14. The zero-order valence-corrected chi connectivity index (χ0v) is 11.4. The Morgan fingerprint density at radius 1 is 1.18 bits per heavy atom. The summed E-state index contributed by atoms with van der Waals surface area (Å²) in [6.07, 6.45) is 0. The molecule has 4 heteroatoms. The predicted molar refractivity (Wildman–Crippen MR) is 71.4 cm³/mol. The molecular formula is C13H13BrN2O. The van der Waals surface area contributed by atoms with Crippen LogP contribution in [-0.2, 0) is 5.33 Å². The normalized spacial score (nSPS) is 10.3. The summed E-state index contributed by atoms with van der Waals surface area (Å²) in [6, 6.07) is 9.97. The minimum atomic E-state index is 0.595. The molecule has 0 aliphatic heterocycles. The van der Waals surface area contributed by atoms with Gasteiger partial charge in [0.05, 0.1) is 7.11 Å². The number of ether oxygens (including phenoxy) is 1. The summed E-state index contributed by atoms with van der Waals surface area (Å²) in [5, 5.41) is 0.852. The molecule has 1 aromatic carbocycles. The van der Waals surface area contributed by atoms with Crippen molar-refractivity contribution in [1.82, 2.24) is 9.97 Å². The fourth-order valence-electron chi connectivity index (χ4n) is 1.52. The average molecular weight is 293 g/mol. The van der Waals surface area contributed by atoms with Crippen molar-refractivity contribution in [1.29, 1.82) is 0 Å². The van der Waals surface area contributed by atoms with E-state index in [0.717, 1.165) is 16.6 Å². The van der Waals surface area contributed by atoms with E-state index in [4.69, 9.17) is 4.74 Å². The number of benzene rings is 1. The summed E-state index contributed by atoms with van der Waals surface area (Å²) in [6.45, 7) is 1.93. The van der Waals surface area contributed by atoms with E-state index in [0.29, 0.717) is 11.7 Å². The smallest absolute Gasteiger partial charge is 0.216 e. The van der Waals surface area contributed by atoms with E-state index >= 15 is 0 Å². The van der Waals surface area contributed by atoms with Crippen LogP contribution < -0.4 is 4.74 Å². The third-order valence-electron chi connectivity index (χ3n) is 2.41. The van der Waals surface area contributed by atoms with Gasteiger partial charge in [-0.25, -0.2) is 4.98 Å². The zero-order chi connectivity index (χ0) is 12.3. The van der Waals surface area contributed by atoms with Crippen LogP contribution in [-0.4, -0.2) is 17.1 Å². The highest BCUT2D eigenvalue weighted by molar-refractivity contribution is 9.08. The third kappa shape index (κ3) is 2.82. The maximum atomic E-state index is 5.14. The molecule has 1 aromatic heterocycles. The highest BCUT2D eigenvalue weighted by Gasteiger charge is 2.05. The molecule has 2 rings (SSSR count). The number of aromatic nitrogens is 2. The number of hydrogen-bond acceptors (Lipinski definition) is 3. The second-order valence-electron chi connectivity index (χ2n) is 3.71. The highest BCUT2D eigenvalue weighted by Crippen LogP contribution is 2.20. The number of halogens is 1. The van der Waals surface area contributed by atoms with E-state index in [-0.39, 0.29) is 0 Å². The van der Waals surface area contributed by atoms with E-state index in [1.165, 1.54) is 5.56 Å². The lowest BCUT2D eigenvalue weighted by molar-refractivity contribution is 0.397. The van der Waals surface area contributed by atoms with Crippen LogP contribution in [0.5, 0.6) is 5.88 Å². The van der Waals surface area contributed by atoms with Crippen LogP contribution in [0.4, 0.5) is 0 Å². The minimum absolute atomic E-state index is 0.595. The van der Waals surface area contributed by atoms with Gasteiger partial charge in [-0.05, 0) is 12.5 Å². The minimum Gasteiger partial charge on any atom is -0.481 e. The van der Waals surface area contributed by atoms with Crippen LogP contribution in [0, 0.1) is 6.92 Å². The van der Waals surface area contributed by atoms with Gasteiger partial charge in [0.1, 0.15) is 0 Å². The molecule has 0 bridgehead atoms. The van der Waals surface area contributed by atoms with E-state index in [1.807, 2.05) is 25.1 Å². The summed E-state index contributed by atoms with van der Waals surface area (Å²) in [7, 11) is 1.61. The molecule has 17 heavy (non-hydrogen) atoms. The van der Waals surface area contributed by atoms with Gasteiger partial charge in [0.15, 0.2) is 5.82 Å². The monoisotopic (exact) mass is 292 g/mol. The van der Waals surface area contributed by atoms with Gasteiger partial charge in [-0.2, -0.15) is 4.98 Å². The van der Waals surface area contributed by atoms with Gasteiger partial charge in [-0.3, -0.25) is 0 Å². The molecule has 0 aliphatic rings. The van der Waals surface area contributed by atoms with Gasteiger partial charge >= 0.3 is 0 Å². The molecule has 0 unspecified atom stereocenters. The number of rotatable bonds is 3. The summed E-state index contributed by atoms with van der Waals surface area (Å²) in [5.41, 5.74) is 3.13. The first-order valence-electron chi connectivity index (χ1n) is 5.28. The molecule has 0 N–H and O–H groups in total. The zero-order valence-electron chi connectivity index (χ0n) is 9.77. The van der Waals surface area contributed by atoms with Gasteiger partial charge in [0, 0.05) is 22.7 Å². The molecular weight excluding hydrogens is 280 g/mol. The van der Waals surface area contributed by atoms with Crippen molar-refractivity contribution in [2.24, 2.45) is 0 Å². The maximum Gasteiger partial charge on any atom is 0.216 e. The van der Waals surface area contributed by atoms with Crippen molar-refractivity contribution in [2.45, 2.75) is 12.3 Å². The van der Waals surface area contributed by atoms with Gasteiger partial charge in [0.2, 0.25) is 5.88 Å². The number of aryl methyl sites for hydroxylation is 1. The van der Waals surface area contributed by atoms with Crippen molar-refractivity contribution in [2.75, 3.05) is 7.11 Å². The number of nitrogens with zero attached hydrogens (tertiary/aromatic N) is 2. The second-order valence-corrected chi connectivity index (χ2v) is 4.27. The SMILES string of the molecule is COc1cc(C)nc(-c2ccc(CBr)cc2)n1. The van der Waals surface area contributed by atoms with E-state index in [2.05, 4.69) is 38.0 Å². The third-order valence-corrected chi connectivity index (χ3v) is 3.05. The molecule has 88 valence electrons. The Balaban J connectivity index is 2.41. The lowest BCUT2D eigenvalue weighted by Crippen LogP contribution is -1.95. The Hall–Kier alpha value is -1.42. The van der Waals surface area contributed by atoms with Crippen LogP contribution in [0.2, 0.25) is 0 Å². The standard InChI is InChI=1S/C13H13BrN2O/c1-9-7-12(17-2)16-13(15-9)11-5-3-10(8-14)4-6-11/h3-7H,8H2,1-2H3. The molecule has 2 aromatic rings. The fourth-order valence-corrected chi connectivity index (χ4v) is 1.89. The molecule has 0 radical (unpaired) electrons. The van der Waals surface area contributed by atoms with E-state index in [9.17, 15) is 0 Å². The summed E-state index contributed by atoms with van der Waals surface area (Å²) >= 11 is 3.42. The van der Waals surface area contributed by atoms with Gasteiger partial charge in [-0.15, -0.1) is 0 Å². The van der Waals surface area contributed by atoms with Crippen LogP contribution in [0.25, 0.3) is 11.4 Å². The maximum absolute atomic E-state index is 5.14. The molecule has 1 heterocycles. The van der Waals surface area contributed by atoms with Crippen molar-refractivity contribution in [3.8, 4) is 17.3 Å². The number of alkyl halides is 1.